The van der Waals surface area contributed by atoms with E-state index in [1.54, 1.807) is 16.2 Å². The number of nitrogens with one attached hydrogen (secondary N) is 1. The van der Waals surface area contributed by atoms with Gasteiger partial charge in [-0.1, -0.05) is 19.1 Å². The molecule has 144 valence electrons. The Hall–Kier alpha value is -2.83. The molecule has 0 saturated heterocycles. The number of fused-ring (bicyclic) bond motifs is 1. The summed E-state index contributed by atoms with van der Waals surface area (Å²) in [7, 11) is 1.75. The summed E-state index contributed by atoms with van der Waals surface area (Å²) in [4.78, 5) is 24.6. The molecule has 0 saturated carbocycles. The molecule has 2 aromatic heterocycles. The van der Waals surface area contributed by atoms with Gasteiger partial charge in [-0.15, -0.1) is 0 Å². The summed E-state index contributed by atoms with van der Waals surface area (Å²) in [6, 6.07) is 9.67. The van der Waals surface area contributed by atoms with E-state index in [4.69, 9.17) is 0 Å². The largest absolute Gasteiger partial charge is 0.356 e. The first-order valence-corrected chi connectivity index (χ1v) is 9.29. The van der Waals surface area contributed by atoms with Crippen molar-refractivity contribution in [2.24, 2.45) is 13.0 Å². The summed E-state index contributed by atoms with van der Waals surface area (Å²) in [5, 5.41) is 7.43. The molecule has 3 aromatic rings. The third-order valence-electron chi connectivity index (χ3n) is 4.85. The molecular weight excluding hydrogens is 342 g/mol. The second-order valence-electron chi connectivity index (χ2n) is 7.25. The first-order valence-electron chi connectivity index (χ1n) is 9.29. The SMILES string of the molecule is Cc1cc(C)n(C[C@H](C)CNC(=O)CCn2c(=O)n(C)c3ccccc32)n1. The van der Waals surface area contributed by atoms with Crippen LogP contribution in [0.4, 0.5) is 0 Å². The van der Waals surface area contributed by atoms with Crippen molar-refractivity contribution in [3.05, 3.63) is 52.2 Å². The predicted octanol–water partition coefficient (Wildman–Crippen LogP) is 2.00. The lowest BCUT2D eigenvalue weighted by molar-refractivity contribution is -0.121. The second-order valence-corrected chi connectivity index (χ2v) is 7.25. The molecule has 1 atom stereocenters. The summed E-state index contributed by atoms with van der Waals surface area (Å²) < 4.78 is 5.25. The van der Waals surface area contributed by atoms with Crippen molar-refractivity contribution in [2.45, 2.75) is 40.3 Å². The Labute approximate surface area is 158 Å². The number of nitrogens with zero attached hydrogens (tertiary/aromatic N) is 4. The highest BCUT2D eigenvalue weighted by Crippen LogP contribution is 2.12. The molecule has 27 heavy (non-hydrogen) atoms. The molecule has 3 rings (SSSR count). The molecule has 0 fully saturated rings. The smallest absolute Gasteiger partial charge is 0.328 e. The molecule has 1 aromatic carbocycles. The van der Waals surface area contributed by atoms with E-state index < -0.39 is 0 Å². The highest BCUT2D eigenvalue weighted by atomic mass is 16.2. The Bertz CT molecular complexity index is 1010. The van der Waals surface area contributed by atoms with Crippen LogP contribution in [0.1, 0.15) is 24.7 Å². The van der Waals surface area contributed by atoms with Crippen LogP contribution in [0.2, 0.25) is 0 Å². The van der Waals surface area contributed by atoms with Gasteiger partial charge in [0.1, 0.15) is 0 Å². The van der Waals surface area contributed by atoms with Crippen molar-refractivity contribution in [1.82, 2.24) is 24.2 Å². The van der Waals surface area contributed by atoms with E-state index in [1.807, 2.05) is 48.9 Å². The molecule has 1 amide bonds. The fourth-order valence-corrected chi connectivity index (χ4v) is 3.39. The van der Waals surface area contributed by atoms with Gasteiger partial charge in [0.2, 0.25) is 5.91 Å². The normalized spacial score (nSPS) is 12.4. The van der Waals surface area contributed by atoms with Crippen molar-refractivity contribution in [3.8, 4) is 0 Å². The van der Waals surface area contributed by atoms with Crippen LogP contribution in [0.15, 0.2) is 35.1 Å². The Balaban J connectivity index is 1.54. The van der Waals surface area contributed by atoms with E-state index in [2.05, 4.69) is 17.3 Å². The number of hydrogen-bond donors (Lipinski definition) is 1. The van der Waals surface area contributed by atoms with Gasteiger partial charge in [0.25, 0.3) is 0 Å². The van der Waals surface area contributed by atoms with Gasteiger partial charge in [-0.05, 0) is 38.0 Å². The minimum Gasteiger partial charge on any atom is -0.356 e. The highest BCUT2D eigenvalue weighted by molar-refractivity contribution is 5.77. The van der Waals surface area contributed by atoms with Crippen LogP contribution in [0.3, 0.4) is 0 Å². The molecule has 0 radical (unpaired) electrons. The standard InChI is InChI=1S/C20H27N5O2/c1-14(13-25-16(3)11-15(2)22-25)12-21-19(26)9-10-24-18-8-6-5-7-17(18)23(4)20(24)27/h5-8,11,14H,9-10,12-13H2,1-4H3,(H,21,26)/t14-/m1/s1. The Morgan fingerprint density at radius 1 is 1.22 bits per heavy atom. The molecule has 7 heteroatoms. The van der Waals surface area contributed by atoms with E-state index in [-0.39, 0.29) is 23.9 Å². The maximum Gasteiger partial charge on any atom is 0.328 e. The monoisotopic (exact) mass is 369 g/mol. The lowest BCUT2D eigenvalue weighted by Crippen LogP contribution is -2.32. The molecule has 1 N–H and O–H groups in total. The van der Waals surface area contributed by atoms with Crippen molar-refractivity contribution >= 4 is 16.9 Å². The van der Waals surface area contributed by atoms with Gasteiger partial charge >= 0.3 is 5.69 Å². The third-order valence-corrected chi connectivity index (χ3v) is 4.85. The first-order chi connectivity index (χ1) is 12.9. The molecule has 7 nitrogen and oxygen atoms in total. The van der Waals surface area contributed by atoms with E-state index >= 15 is 0 Å². The molecular formula is C20H27N5O2. The molecule has 0 aliphatic carbocycles. The van der Waals surface area contributed by atoms with Gasteiger partial charge in [-0.2, -0.15) is 5.10 Å². The predicted molar refractivity (Wildman–Crippen MR) is 106 cm³/mol. The topological polar surface area (TPSA) is 73.8 Å². The van der Waals surface area contributed by atoms with Crippen molar-refractivity contribution in [3.63, 3.8) is 0 Å². The van der Waals surface area contributed by atoms with Crippen LogP contribution >= 0.6 is 0 Å². The summed E-state index contributed by atoms with van der Waals surface area (Å²) in [5.74, 6) is 0.224. The van der Waals surface area contributed by atoms with E-state index in [1.165, 1.54) is 0 Å². The molecule has 0 unspecified atom stereocenters. The molecule has 2 heterocycles. The van der Waals surface area contributed by atoms with E-state index in [0.717, 1.165) is 29.0 Å². The Kier molecular flexibility index (Phi) is 5.48. The lowest BCUT2D eigenvalue weighted by Gasteiger charge is -2.14. The number of benzene rings is 1. The fourth-order valence-electron chi connectivity index (χ4n) is 3.39. The number of para-hydroxylation sites is 2. The zero-order valence-corrected chi connectivity index (χ0v) is 16.4. The van der Waals surface area contributed by atoms with Gasteiger partial charge in [0.05, 0.1) is 16.7 Å². The van der Waals surface area contributed by atoms with Gasteiger partial charge in [0, 0.05) is 38.8 Å². The lowest BCUT2D eigenvalue weighted by atomic mass is 10.2. The van der Waals surface area contributed by atoms with E-state index in [9.17, 15) is 9.59 Å². The Morgan fingerprint density at radius 2 is 1.93 bits per heavy atom. The maximum atomic E-state index is 12.4. The Morgan fingerprint density at radius 3 is 2.59 bits per heavy atom. The number of rotatable bonds is 7. The van der Waals surface area contributed by atoms with Gasteiger partial charge in [-0.3, -0.25) is 18.6 Å². The number of amides is 1. The van der Waals surface area contributed by atoms with Gasteiger partial charge in [-0.25, -0.2) is 4.79 Å². The average Bonchev–Trinajstić information content (AvgIpc) is 3.08. The molecule has 0 aliphatic heterocycles. The third kappa shape index (κ3) is 4.13. The van der Waals surface area contributed by atoms with Crippen LogP contribution in [-0.2, 0) is 24.9 Å². The first kappa shape index (κ1) is 18.9. The maximum absolute atomic E-state index is 12.4. The van der Waals surface area contributed by atoms with Gasteiger partial charge in [0.15, 0.2) is 0 Å². The van der Waals surface area contributed by atoms with E-state index in [0.29, 0.717) is 13.1 Å². The summed E-state index contributed by atoms with van der Waals surface area (Å²) >= 11 is 0. The number of carbonyl (C=O) groups is 1. The van der Waals surface area contributed by atoms with Crippen molar-refractivity contribution in [1.29, 1.82) is 0 Å². The summed E-state index contributed by atoms with van der Waals surface area (Å²) in [6.45, 7) is 7.83. The minimum atomic E-state index is -0.0955. The van der Waals surface area contributed by atoms with Gasteiger partial charge < -0.3 is 5.32 Å². The number of aryl methyl sites for hydroxylation is 4. The summed E-state index contributed by atoms with van der Waals surface area (Å²) in [5.41, 5.74) is 3.77. The number of aromatic nitrogens is 4. The fraction of sp³-hybridized carbons (Fsp3) is 0.450. The van der Waals surface area contributed by atoms with Crippen LogP contribution in [-0.4, -0.2) is 31.4 Å². The van der Waals surface area contributed by atoms with Crippen LogP contribution in [0, 0.1) is 19.8 Å². The average molecular weight is 369 g/mol. The minimum absolute atomic E-state index is 0.0462. The zero-order chi connectivity index (χ0) is 19.6. The van der Waals surface area contributed by atoms with Crippen LogP contribution in [0.5, 0.6) is 0 Å². The molecule has 0 aliphatic rings. The quantitative estimate of drug-likeness (QED) is 0.692. The van der Waals surface area contributed by atoms with Crippen LogP contribution < -0.4 is 11.0 Å². The van der Waals surface area contributed by atoms with Crippen LogP contribution in [0.25, 0.3) is 11.0 Å². The molecule has 0 bridgehead atoms. The number of carbonyl (C=O) groups excluding carboxylic acids is 1. The number of hydrogen-bond acceptors (Lipinski definition) is 3. The highest BCUT2D eigenvalue weighted by Gasteiger charge is 2.12. The summed E-state index contributed by atoms with van der Waals surface area (Å²) in [6.07, 6.45) is 0.278. The van der Waals surface area contributed by atoms with Crippen molar-refractivity contribution < 1.29 is 4.79 Å². The molecule has 0 spiro atoms. The second kappa shape index (κ2) is 7.82. The number of imidazole rings is 1. The van der Waals surface area contributed by atoms with Crippen molar-refractivity contribution in [2.75, 3.05) is 6.54 Å². The zero-order valence-electron chi connectivity index (χ0n) is 16.4.